The van der Waals surface area contributed by atoms with Gasteiger partial charge in [0.15, 0.2) is 0 Å². The quantitative estimate of drug-likeness (QED) is 0.931. The largest absolute Gasteiger partial charge is 0.342 e. The van der Waals surface area contributed by atoms with Crippen molar-refractivity contribution in [3.05, 3.63) is 17.5 Å². The van der Waals surface area contributed by atoms with Gasteiger partial charge in [-0.15, -0.1) is 0 Å². The van der Waals surface area contributed by atoms with Gasteiger partial charge in [0, 0.05) is 36.7 Å². The highest BCUT2D eigenvalue weighted by molar-refractivity contribution is 5.79. The number of aromatic nitrogens is 2. The Bertz CT molecular complexity index is 516. The molecular formula is C17H28N4O. The minimum Gasteiger partial charge on any atom is -0.342 e. The van der Waals surface area contributed by atoms with Crippen molar-refractivity contribution in [2.45, 2.75) is 52.0 Å². The lowest BCUT2D eigenvalue weighted by Gasteiger charge is -2.35. The minimum atomic E-state index is 0.233. The maximum Gasteiger partial charge on any atom is 0.225 e. The van der Waals surface area contributed by atoms with Crippen LogP contribution in [0.4, 0.5) is 0 Å². The fourth-order valence-corrected chi connectivity index (χ4v) is 3.89. The standard InChI is InChI=1S/C17H28N4O/c1-12(2)20-7-4-14(5-8-20)17(22)21-9-6-15(11-21)16-13(3)10-18-19-16/h10,12,14-15H,4-9,11H2,1-3H3,(H,18,19)/t15-/m0/s1. The lowest BCUT2D eigenvalue weighted by molar-refractivity contribution is -0.136. The highest BCUT2D eigenvalue weighted by Crippen LogP contribution is 2.30. The number of hydrogen-bond donors (Lipinski definition) is 1. The lowest BCUT2D eigenvalue weighted by atomic mass is 9.94. The Balaban J connectivity index is 1.55. The van der Waals surface area contributed by atoms with Crippen LogP contribution in [0.5, 0.6) is 0 Å². The molecule has 3 heterocycles. The Morgan fingerprint density at radius 3 is 2.59 bits per heavy atom. The van der Waals surface area contributed by atoms with Crippen LogP contribution in [0.15, 0.2) is 6.20 Å². The second kappa shape index (κ2) is 6.41. The van der Waals surface area contributed by atoms with E-state index in [0.717, 1.165) is 45.4 Å². The van der Waals surface area contributed by atoms with E-state index >= 15 is 0 Å². The molecule has 0 unspecified atom stereocenters. The number of nitrogens with zero attached hydrogens (tertiary/aromatic N) is 3. The van der Waals surface area contributed by atoms with Crippen LogP contribution in [0, 0.1) is 12.8 Å². The van der Waals surface area contributed by atoms with E-state index in [1.807, 2.05) is 6.20 Å². The molecule has 0 aromatic carbocycles. The molecule has 3 rings (SSSR count). The summed E-state index contributed by atoms with van der Waals surface area (Å²) in [5.74, 6) is 1.04. The molecule has 22 heavy (non-hydrogen) atoms. The molecule has 2 saturated heterocycles. The van der Waals surface area contributed by atoms with Crippen molar-refractivity contribution in [2.75, 3.05) is 26.2 Å². The average molecular weight is 304 g/mol. The predicted molar refractivity (Wildman–Crippen MR) is 86.7 cm³/mol. The summed E-state index contributed by atoms with van der Waals surface area (Å²) in [4.78, 5) is 17.3. The molecule has 5 heteroatoms. The Kier molecular flexibility index (Phi) is 4.52. The van der Waals surface area contributed by atoms with Gasteiger partial charge in [0.1, 0.15) is 0 Å². The van der Waals surface area contributed by atoms with E-state index in [-0.39, 0.29) is 5.92 Å². The molecule has 1 N–H and O–H groups in total. The van der Waals surface area contributed by atoms with Crippen molar-refractivity contribution in [3.63, 3.8) is 0 Å². The van der Waals surface area contributed by atoms with Crippen LogP contribution >= 0.6 is 0 Å². The summed E-state index contributed by atoms with van der Waals surface area (Å²) < 4.78 is 0. The number of carbonyl (C=O) groups is 1. The molecule has 5 nitrogen and oxygen atoms in total. The second-order valence-electron chi connectivity index (χ2n) is 7.14. The van der Waals surface area contributed by atoms with Crippen molar-refractivity contribution in [1.29, 1.82) is 0 Å². The van der Waals surface area contributed by atoms with Gasteiger partial charge < -0.3 is 9.80 Å². The van der Waals surface area contributed by atoms with Gasteiger partial charge in [-0.3, -0.25) is 9.89 Å². The number of carbonyl (C=O) groups excluding carboxylic acids is 1. The van der Waals surface area contributed by atoms with Crippen LogP contribution < -0.4 is 0 Å². The number of nitrogens with one attached hydrogen (secondary N) is 1. The minimum absolute atomic E-state index is 0.233. The lowest BCUT2D eigenvalue weighted by Crippen LogP contribution is -2.43. The van der Waals surface area contributed by atoms with Crippen LogP contribution in [0.2, 0.25) is 0 Å². The first-order valence-electron chi connectivity index (χ1n) is 8.59. The predicted octanol–water partition coefficient (Wildman–Crippen LogP) is 2.15. The van der Waals surface area contributed by atoms with Crippen LogP contribution in [-0.4, -0.2) is 58.1 Å². The normalized spacial score (nSPS) is 24.4. The maximum absolute atomic E-state index is 12.8. The van der Waals surface area contributed by atoms with E-state index in [4.69, 9.17) is 0 Å². The zero-order valence-electron chi connectivity index (χ0n) is 14.0. The SMILES string of the molecule is Cc1cn[nH]c1[C@H]1CCN(C(=O)C2CCN(C(C)C)CC2)C1. The van der Waals surface area contributed by atoms with Gasteiger partial charge in [0.25, 0.3) is 0 Å². The molecule has 2 aliphatic rings. The monoisotopic (exact) mass is 304 g/mol. The van der Waals surface area contributed by atoms with E-state index < -0.39 is 0 Å². The smallest absolute Gasteiger partial charge is 0.225 e. The molecule has 0 bridgehead atoms. The van der Waals surface area contributed by atoms with Crippen molar-refractivity contribution >= 4 is 5.91 Å². The van der Waals surface area contributed by atoms with Gasteiger partial charge in [0.05, 0.1) is 6.20 Å². The maximum atomic E-state index is 12.8. The fourth-order valence-electron chi connectivity index (χ4n) is 3.89. The van der Waals surface area contributed by atoms with E-state index in [2.05, 4.69) is 40.8 Å². The molecule has 2 fully saturated rings. The van der Waals surface area contributed by atoms with Gasteiger partial charge in [-0.05, 0) is 58.7 Å². The van der Waals surface area contributed by atoms with Crippen LogP contribution in [0.25, 0.3) is 0 Å². The first-order chi connectivity index (χ1) is 10.6. The third-order valence-electron chi connectivity index (χ3n) is 5.39. The summed E-state index contributed by atoms with van der Waals surface area (Å²) in [7, 11) is 0. The number of H-pyrrole nitrogens is 1. The topological polar surface area (TPSA) is 52.2 Å². The fraction of sp³-hybridized carbons (Fsp3) is 0.765. The van der Waals surface area contributed by atoms with Crippen LogP contribution in [0.3, 0.4) is 0 Å². The summed E-state index contributed by atoms with van der Waals surface area (Å²) in [6, 6.07) is 0.593. The van der Waals surface area contributed by atoms with Gasteiger partial charge in [-0.25, -0.2) is 0 Å². The van der Waals surface area contributed by atoms with Crippen LogP contribution in [-0.2, 0) is 4.79 Å². The van der Waals surface area contributed by atoms with Crippen molar-refractivity contribution in [2.24, 2.45) is 5.92 Å². The van der Waals surface area contributed by atoms with E-state index in [0.29, 0.717) is 17.9 Å². The summed E-state index contributed by atoms with van der Waals surface area (Å²) in [5, 5.41) is 7.23. The number of aryl methyl sites for hydroxylation is 1. The van der Waals surface area contributed by atoms with E-state index in [9.17, 15) is 4.79 Å². The molecular weight excluding hydrogens is 276 g/mol. The summed E-state index contributed by atoms with van der Waals surface area (Å²) >= 11 is 0. The Morgan fingerprint density at radius 1 is 1.27 bits per heavy atom. The Hall–Kier alpha value is -1.36. The molecule has 1 aromatic rings. The molecule has 122 valence electrons. The van der Waals surface area contributed by atoms with Crippen molar-refractivity contribution in [3.8, 4) is 0 Å². The van der Waals surface area contributed by atoms with Crippen LogP contribution in [0.1, 0.15) is 50.3 Å². The summed E-state index contributed by atoms with van der Waals surface area (Å²) in [6.45, 7) is 10.4. The van der Waals surface area contributed by atoms with Gasteiger partial charge in [0.2, 0.25) is 5.91 Å². The van der Waals surface area contributed by atoms with Gasteiger partial charge in [-0.1, -0.05) is 0 Å². The van der Waals surface area contributed by atoms with E-state index in [1.54, 1.807) is 0 Å². The number of piperidine rings is 1. The third kappa shape index (κ3) is 3.05. The average Bonchev–Trinajstić information content (AvgIpc) is 3.15. The zero-order chi connectivity index (χ0) is 15.7. The molecule has 0 aliphatic carbocycles. The first kappa shape index (κ1) is 15.5. The first-order valence-corrected chi connectivity index (χ1v) is 8.59. The summed E-state index contributed by atoms with van der Waals surface area (Å²) in [5.41, 5.74) is 2.43. The second-order valence-corrected chi connectivity index (χ2v) is 7.14. The zero-order valence-corrected chi connectivity index (χ0v) is 14.0. The Labute approximate surface area is 133 Å². The molecule has 0 saturated carbocycles. The molecule has 1 aromatic heterocycles. The number of amides is 1. The highest BCUT2D eigenvalue weighted by Gasteiger charge is 2.34. The number of hydrogen-bond acceptors (Lipinski definition) is 3. The molecule has 1 atom stereocenters. The number of likely N-dealkylation sites (tertiary alicyclic amines) is 2. The third-order valence-corrected chi connectivity index (χ3v) is 5.39. The van der Waals surface area contributed by atoms with Crippen molar-refractivity contribution in [1.82, 2.24) is 20.0 Å². The highest BCUT2D eigenvalue weighted by atomic mass is 16.2. The summed E-state index contributed by atoms with van der Waals surface area (Å²) in [6.07, 6.45) is 4.96. The number of rotatable bonds is 3. The molecule has 0 radical (unpaired) electrons. The van der Waals surface area contributed by atoms with Gasteiger partial charge >= 0.3 is 0 Å². The number of aromatic amines is 1. The molecule has 2 aliphatic heterocycles. The van der Waals surface area contributed by atoms with E-state index in [1.165, 1.54) is 11.3 Å². The molecule has 1 amide bonds. The van der Waals surface area contributed by atoms with Gasteiger partial charge in [-0.2, -0.15) is 5.10 Å². The van der Waals surface area contributed by atoms with Crippen molar-refractivity contribution < 1.29 is 4.79 Å². The Morgan fingerprint density at radius 2 is 2.00 bits per heavy atom. The molecule has 0 spiro atoms.